The van der Waals surface area contributed by atoms with E-state index in [4.69, 9.17) is 0 Å². The van der Waals surface area contributed by atoms with E-state index in [0.717, 1.165) is 0 Å². The van der Waals surface area contributed by atoms with Crippen LogP contribution in [-0.2, 0) is 9.53 Å². The van der Waals surface area contributed by atoms with Gasteiger partial charge in [0.15, 0.2) is 0 Å². The van der Waals surface area contributed by atoms with Gasteiger partial charge < -0.3 is 9.64 Å². The maximum Gasteiger partial charge on any atom is 0.325 e. The van der Waals surface area contributed by atoms with Gasteiger partial charge in [-0.05, 0) is 26.0 Å². The highest BCUT2D eigenvalue weighted by atomic mass is 79.9. The van der Waals surface area contributed by atoms with E-state index in [0.29, 0.717) is 10.2 Å². The largest absolute Gasteiger partial charge is 0.468 e. The van der Waals surface area contributed by atoms with E-state index < -0.39 is 10.9 Å². The average molecular weight is 331 g/mol. The van der Waals surface area contributed by atoms with Crippen molar-refractivity contribution >= 4 is 33.3 Å². The number of methoxy groups -OCH3 is 1. The number of halogens is 1. The molecule has 19 heavy (non-hydrogen) atoms. The van der Waals surface area contributed by atoms with Crippen molar-refractivity contribution in [2.75, 3.05) is 18.6 Å². The lowest BCUT2D eigenvalue weighted by Gasteiger charge is -2.27. The number of carbonyl (C=O) groups is 1. The Morgan fingerprint density at radius 2 is 2.16 bits per heavy atom. The van der Waals surface area contributed by atoms with Crippen LogP contribution >= 0.6 is 15.9 Å². The Bertz CT molecular complexity index is 491. The topological polar surface area (TPSA) is 72.7 Å². The number of anilines is 1. The van der Waals surface area contributed by atoms with Crippen LogP contribution in [0.3, 0.4) is 0 Å². The molecule has 0 atom stereocenters. The van der Waals surface area contributed by atoms with E-state index in [1.165, 1.54) is 13.2 Å². The monoisotopic (exact) mass is 330 g/mol. The fourth-order valence-corrected chi connectivity index (χ4v) is 1.98. The molecule has 0 unspecified atom stereocenters. The van der Waals surface area contributed by atoms with Crippen LogP contribution in [0.1, 0.15) is 13.8 Å². The van der Waals surface area contributed by atoms with Crippen molar-refractivity contribution < 1.29 is 14.5 Å². The lowest BCUT2D eigenvalue weighted by Crippen LogP contribution is -2.36. The smallest absolute Gasteiger partial charge is 0.325 e. The van der Waals surface area contributed by atoms with E-state index >= 15 is 0 Å². The quantitative estimate of drug-likeness (QED) is 0.471. The van der Waals surface area contributed by atoms with Gasteiger partial charge in [-0.25, -0.2) is 0 Å². The van der Waals surface area contributed by atoms with Gasteiger partial charge in [0.25, 0.3) is 5.69 Å². The van der Waals surface area contributed by atoms with Gasteiger partial charge in [-0.1, -0.05) is 15.9 Å². The molecule has 0 bridgehead atoms. The predicted molar refractivity (Wildman–Crippen MR) is 75.3 cm³/mol. The molecular formula is C12H15BrN2O4. The van der Waals surface area contributed by atoms with Crippen LogP contribution in [0.15, 0.2) is 22.7 Å². The molecule has 1 rings (SSSR count). The fraction of sp³-hybridized carbons (Fsp3) is 0.417. The van der Waals surface area contributed by atoms with Gasteiger partial charge in [0, 0.05) is 16.6 Å². The zero-order chi connectivity index (χ0) is 14.6. The van der Waals surface area contributed by atoms with Crippen molar-refractivity contribution in [1.29, 1.82) is 0 Å². The zero-order valence-corrected chi connectivity index (χ0v) is 12.5. The summed E-state index contributed by atoms with van der Waals surface area (Å²) in [5.41, 5.74) is 0.348. The summed E-state index contributed by atoms with van der Waals surface area (Å²) in [5.74, 6) is -0.442. The maximum absolute atomic E-state index is 11.4. The van der Waals surface area contributed by atoms with Gasteiger partial charge in [0.05, 0.1) is 12.0 Å². The summed E-state index contributed by atoms with van der Waals surface area (Å²) in [6, 6.07) is 4.55. The number of benzene rings is 1. The predicted octanol–water partition coefficient (Wildman–Crippen LogP) is 2.75. The summed E-state index contributed by atoms with van der Waals surface area (Å²) < 4.78 is 5.33. The Morgan fingerprint density at radius 1 is 1.53 bits per heavy atom. The van der Waals surface area contributed by atoms with E-state index in [9.17, 15) is 14.9 Å². The van der Waals surface area contributed by atoms with E-state index in [1.54, 1.807) is 17.0 Å². The summed E-state index contributed by atoms with van der Waals surface area (Å²) in [5, 5.41) is 11.1. The molecular weight excluding hydrogens is 316 g/mol. The SMILES string of the molecule is COC(=O)CN(c1cc(Br)ccc1[N+](=O)[O-])C(C)C. The number of carbonyl (C=O) groups excluding carboxylic acids is 1. The fourth-order valence-electron chi connectivity index (χ4n) is 1.63. The van der Waals surface area contributed by atoms with Crippen LogP contribution < -0.4 is 4.90 Å². The molecule has 0 N–H and O–H groups in total. The molecule has 0 saturated carbocycles. The molecule has 0 fully saturated rings. The van der Waals surface area contributed by atoms with Crippen LogP contribution in [0.25, 0.3) is 0 Å². The Balaban J connectivity index is 3.24. The number of nitro groups is 1. The molecule has 0 radical (unpaired) electrons. The highest BCUT2D eigenvalue weighted by molar-refractivity contribution is 9.10. The molecule has 0 spiro atoms. The maximum atomic E-state index is 11.4. The molecule has 0 aliphatic carbocycles. The van der Waals surface area contributed by atoms with Crippen LogP contribution in [0.2, 0.25) is 0 Å². The van der Waals surface area contributed by atoms with Crippen molar-refractivity contribution in [2.24, 2.45) is 0 Å². The first-order valence-electron chi connectivity index (χ1n) is 5.64. The third-order valence-electron chi connectivity index (χ3n) is 2.59. The van der Waals surface area contributed by atoms with E-state index in [-0.39, 0.29) is 18.3 Å². The molecule has 0 aromatic heterocycles. The number of nitrogens with zero attached hydrogens (tertiary/aromatic N) is 2. The summed E-state index contributed by atoms with van der Waals surface area (Å²) in [6.45, 7) is 3.67. The summed E-state index contributed by atoms with van der Waals surface area (Å²) in [4.78, 5) is 23.7. The molecule has 7 heteroatoms. The first kappa shape index (κ1) is 15.4. The minimum Gasteiger partial charge on any atom is -0.468 e. The van der Waals surface area contributed by atoms with E-state index in [2.05, 4.69) is 20.7 Å². The molecule has 6 nitrogen and oxygen atoms in total. The third kappa shape index (κ3) is 3.92. The van der Waals surface area contributed by atoms with Crippen molar-refractivity contribution in [3.8, 4) is 0 Å². The number of nitro benzene ring substituents is 1. The van der Waals surface area contributed by atoms with E-state index in [1.807, 2.05) is 13.8 Å². The number of ether oxygens (including phenoxy) is 1. The van der Waals surface area contributed by atoms with Crippen molar-refractivity contribution in [3.63, 3.8) is 0 Å². The first-order chi connectivity index (χ1) is 8.86. The summed E-state index contributed by atoms with van der Waals surface area (Å²) in [7, 11) is 1.29. The number of hydrogen-bond donors (Lipinski definition) is 0. The minimum absolute atomic E-state index is 0.0362. The highest BCUT2D eigenvalue weighted by Crippen LogP contribution is 2.32. The van der Waals surface area contributed by atoms with Crippen LogP contribution in [0.4, 0.5) is 11.4 Å². The summed E-state index contributed by atoms with van der Waals surface area (Å²) in [6.07, 6.45) is 0. The van der Waals surface area contributed by atoms with Gasteiger partial charge >= 0.3 is 5.97 Å². The molecule has 1 aromatic rings. The summed E-state index contributed by atoms with van der Waals surface area (Å²) >= 11 is 3.28. The second-order valence-corrected chi connectivity index (χ2v) is 5.10. The average Bonchev–Trinajstić information content (AvgIpc) is 2.34. The first-order valence-corrected chi connectivity index (χ1v) is 6.43. The molecule has 104 valence electrons. The number of esters is 1. The molecule has 0 aliphatic heterocycles. The minimum atomic E-state index is -0.464. The molecule has 0 heterocycles. The van der Waals surface area contributed by atoms with Crippen molar-refractivity contribution in [2.45, 2.75) is 19.9 Å². The van der Waals surface area contributed by atoms with Gasteiger partial charge in [0.1, 0.15) is 12.2 Å². The second kappa shape index (κ2) is 6.51. The zero-order valence-electron chi connectivity index (χ0n) is 10.9. The van der Waals surface area contributed by atoms with Gasteiger partial charge in [-0.15, -0.1) is 0 Å². The van der Waals surface area contributed by atoms with Crippen LogP contribution in [0.5, 0.6) is 0 Å². The Labute approximate surface area is 119 Å². The van der Waals surface area contributed by atoms with Crippen LogP contribution in [-0.4, -0.2) is 30.6 Å². The van der Waals surface area contributed by atoms with Gasteiger partial charge in [-0.3, -0.25) is 14.9 Å². The van der Waals surface area contributed by atoms with Gasteiger partial charge in [-0.2, -0.15) is 0 Å². The Morgan fingerprint density at radius 3 is 2.63 bits per heavy atom. The van der Waals surface area contributed by atoms with Crippen molar-refractivity contribution in [1.82, 2.24) is 0 Å². The molecule has 0 saturated heterocycles. The number of rotatable bonds is 5. The molecule has 0 aliphatic rings. The standard InChI is InChI=1S/C12H15BrN2O4/c1-8(2)14(7-12(16)19-3)11-6-9(13)4-5-10(11)15(17)18/h4-6,8H,7H2,1-3H3. The molecule has 1 aromatic carbocycles. The molecule has 0 amide bonds. The lowest BCUT2D eigenvalue weighted by atomic mass is 10.2. The Hall–Kier alpha value is -1.63. The third-order valence-corrected chi connectivity index (χ3v) is 3.09. The second-order valence-electron chi connectivity index (χ2n) is 4.19. The highest BCUT2D eigenvalue weighted by Gasteiger charge is 2.23. The van der Waals surface area contributed by atoms with Gasteiger partial charge in [0.2, 0.25) is 0 Å². The Kier molecular flexibility index (Phi) is 5.29. The lowest BCUT2D eigenvalue weighted by molar-refractivity contribution is -0.384. The normalized spacial score (nSPS) is 10.4. The van der Waals surface area contributed by atoms with Crippen molar-refractivity contribution in [3.05, 3.63) is 32.8 Å². The number of hydrogen-bond acceptors (Lipinski definition) is 5. The van der Waals surface area contributed by atoms with Crippen LogP contribution in [0, 0.1) is 10.1 Å².